The van der Waals surface area contributed by atoms with Crippen LogP contribution in [0.2, 0.25) is 0 Å². The van der Waals surface area contributed by atoms with E-state index >= 15 is 0 Å². The number of carbonyl (C=O) groups is 1. The van der Waals surface area contributed by atoms with E-state index in [0.717, 1.165) is 29.4 Å². The SMILES string of the molecule is CCNC(=NCCc1c[nH]c2cc(C)ccc12)NC(C)c1nc(C)c(C(=O)OCC)s1. The molecule has 0 aliphatic carbocycles. The average Bonchev–Trinajstić information content (AvgIpc) is 3.31. The molecule has 3 aromatic rings. The summed E-state index contributed by atoms with van der Waals surface area (Å²) in [4.78, 5) is 25.3. The van der Waals surface area contributed by atoms with Gasteiger partial charge < -0.3 is 20.4 Å². The van der Waals surface area contributed by atoms with Crippen molar-refractivity contribution < 1.29 is 9.53 Å². The van der Waals surface area contributed by atoms with Crippen molar-refractivity contribution >= 4 is 34.2 Å². The topological polar surface area (TPSA) is 91.4 Å². The highest BCUT2D eigenvalue weighted by Gasteiger charge is 2.20. The third-order valence-electron chi connectivity index (χ3n) is 4.92. The summed E-state index contributed by atoms with van der Waals surface area (Å²) in [5.74, 6) is 0.418. The summed E-state index contributed by atoms with van der Waals surface area (Å²) in [5.41, 5.74) is 4.37. The number of carbonyl (C=O) groups excluding carboxylic acids is 1. The number of aromatic nitrogens is 2. The van der Waals surface area contributed by atoms with Crippen LogP contribution in [0.4, 0.5) is 0 Å². The molecule has 0 radical (unpaired) electrons. The fourth-order valence-electron chi connectivity index (χ4n) is 3.37. The van der Waals surface area contributed by atoms with E-state index in [2.05, 4.69) is 51.9 Å². The maximum Gasteiger partial charge on any atom is 0.350 e. The Bertz CT molecular complexity index is 1070. The Morgan fingerprint density at radius 3 is 2.87 bits per heavy atom. The second-order valence-electron chi connectivity index (χ2n) is 7.43. The molecule has 0 aliphatic rings. The van der Waals surface area contributed by atoms with Crippen LogP contribution in [0, 0.1) is 13.8 Å². The number of thiazole rings is 1. The van der Waals surface area contributed by atoms with E-state index in [-0.39, 0.29) is 12.0 Å². The highest BCUT2D eigenvalue weighted by atomic mass is 32.1. The van der Waals surface area contributed by atoms with E-state index in [0.29, 0.717) is 23.7 Å². The van der Waals surface area contributed by atoms with Gasteiger partial charge in [-0.1, -0.05) is 12.1 Å². The van der Waals surface area contributed by atoms with E-state index in [9.17, 15) is 4.79 Å². The lowest BCUT2D eigenvalue weighted by atomic mass is 10.1. The Balaban J connectivity index is 1.66. The molecule has 1 atom stereocenters. The maximum absolute atomic E-state index is 12.1. The second-order valence-corrected chi connectivity index (χ2v) is 8.46. The first-order chi connectivity index (χ1) is 14.9. The smallest absolute Gasteiger partial charge is 0.350 e. The van der Waals surface area contributed by atoms with E-state index < -0.39 is 0 Å². The molecule has 2 aromatic heterocycles. The van der Waals surface area contributed by atoms with Crippen LogP contribution < -0.4 is 10.6 Å². The molecule has 0 aliphatic heterocycles. The maximum atomic E-state index is 12.1. The third kappa shape index (κ3) is 5.64. The molecule has 1 unspecified atom stereocenters. The number of rotatable bonds is 8. The molecule has 0 saturated heterocycles. The number of aryl methyl sites for hydroxylation is 2. The minimum absolute atomic E-state index is 0.0826. The average molecular weight is 442 g/mol. The number of benzene rings is 1. The molecular weight excluding hydrogens is 410 g/mol. The van der Waals surface area contributed by atoms with Crippen LogP contribution in [0.15, 0.2) is 29.4 Å². The van der Waals surface area contributed by atoms with Gasteiger partial charge >= 0.3 is 5.97 Å². The van der Waals surface area contributed by atoms with Gasteiger partial charge in [-0.15, -0.1) is 11.3 Å². The number of hydrogen-bond acceptors (Lipinski definition) is 5. The van der Waals surface area contributed by atoms with Crippen molar-refractivity contribution in [3.05, 3.63) is 51.1 Å². The van der Waals surface area contributed by atoms with Crippen molar-refractivity contribution in [2.24, 2.45) is 4.99 Å². The van der Waals surface area contributed by atoms with Crippen molar-refractivity contribution in [2.75, 3.05) is 19.7 Å². The van der Waals surface area contributed by atoms with E-state index in [1.807, 2.05) is 20.8 Å². The number of aromatic amines is 1. The number of H-pyrrole nitrogens is 1. The van der Waals surface area contributed by atoms with Crippen LogP contribution in [0.1, 0.15) is 58.3 Å². The molecule has 0 fully saturated rings. The van der Waals surface area contributed by atoms with Gasteiger partial charge in [0.15, 0.2) is 5.96 Å². The molecule has 0 amide bonds. The van der Waals surface area contributed by atoms with Gasteiger partial charge in [0.1, 0.15) is 9.88 Å². The summed E-state index contributed by atoms with van der Waals surface area (Å²) in [6, 6.07) is 6.38. The van der Waals surface area contributed by atoms with Crippen LogP contribution in [0.3, 0.4) is 0 Å². The first-order valence-corrected chi connectivity index (χ1v) is 11.5. The Hall–Kier alpha value is -2.87. The molecule has 3 N–H and O–H groups in total. The number of hydrogen-bond donors (Lipinski definition) is 3. The molecule has 31 heavy (non-hydrogen) atoms. The van der Waals surface area contributed by atoms with Gasteiger partial charge in [0, 0.05) is 30.2 Å². The van der Waals surface area contributed by atoms with E-state index in [1.54, 1.807) is 6.92 Å². The van der Waals surface area contributed by atoms with Gasteiger partial charge in [-0.05, 0) is 58.2 Å². The van der Waals surface area contributed by atoms with Gasteiger partial charge in [-0.3, -0.25) is 4.99 Å². The summed E-state index contributed by atoms with van der Waals surface area (Å²) < 4.78 is 5.12. The summed E-state index contributed by atoms with van der Waals surface area (Å²) in [7, 11) is 0. The van der Waals surface area contributed by atoms with E-state index in [1.165, 1.54) is 27.8 Å². The van der Waals surface area contributed by atoms with Gasteiger partial charge in [-0.2, -0.15) is 0 Å². The molecule has 3 rings (SSSR count). The number of aliphatic imine (C=N–C) groups is 1. The van der Waals surface area contributed by atoms with Crippen molar-refractivity contribution in [3.63, 3.8) is 0 Å². The van der Waals surface area contributed by atoms with Crippen molar-refractivity contribution in [1.82, 2.24) is 20.6 Å². The second kappa shape index (κ2) is 10.4. The molecule has 166 valence electrons. The summed E-state index contributed by atoms with van der Waals surface area (Å²) >= 11 is 1.37. The number of fused-ring (bicyclic) bond motifs is 1. The monoisotopic (exact) mass is 441 g/mol. The van der Waals surface area contributed by atoms with Crippen molar-refractivity contribution in [2.45, 2.75) is 47.1 Å². The van der Waals surface area contributed by atoms with E-state index in [4.69, 9.17) is 9.73 Å². The lowest BCUT2D eigenvalue weighted by Crippen LogP contribution is -2.38. The first-order valence-electron chi connectivity index (χ1n) is 10.7. The Kier molecular flexibility index (Phi) is 7.68. The molecular formula is C23H31N5O2S. The van der Waals surface area contributed by atoms with Gasteiger partial charge in [0.25, 0.3) is 0 Å². The Morgan fingerprint density at radius 2 is 2.13 bits per heavy atom. The van der Waals surface area contributed by atoms with Gasteiger partial charge in [0.05, 0.1) is 18.3 Å². The van der Waals surface area contributed by atoms with Gasteiger partial charge in [-0.25, -0.2) is 9.78 Å². The Morgan fingerprint density at radius 1 is 1.32 bits per heavy atom. The molecule has 8 heteroatoms. The first kappa shape index (κ1) is 22.8. The Labute approximate surface area is 187 Å². The lowest BCUT2D eigenvalue weighted by molar-refractivity contribution is 0.0531. The molecule has 0 spiro atoms. The zero-order valence-corrected chi connectivity index (χ0v) is 19.7. The minimum Gasteiger partial charge on any atom is -0.462 e. The summed E-state index contributed by atoms with van der Waals surface area (Å²) in [6.45, 7) is 11.6. The molecule has 1 aromatic carbocycles. The molecule has 7 nitrogen and oxygen atoms in total. The number of nitrogens with zero attached hydrogens (tertiary/aromatic N) is 2. The zero-order valence-electron chi connectivity index (χ0n) is 18.8. The summed E-state index contributed by atoms with van der Waals surface area (Å²) in [6.07, 6.45) is 2.91. The predicted molar refractivity (Wildman–Crippen MR) is 127 cm³/mol. The van der Waals surface area contributed by atoms with Crippen LogP contribution in [-0.2, 0) is 11.2 Å². The zero-order chi connectivity index (χ0) is 22.4. The van der Waals surface area contributed by atoms with Crippen molar-refractivity contribution in [1.29, 1.82) is 0 Å². The molecule has 2 heterocycles. The lowest BCUT2D eigenvalue weighted by Gasteiger charge is -2.16. The highest BCUT2D eigenvalue weighted by Crippen LogP contribution is 2.24. The largest absolute Gasteiger partial charge is 0.462 e. The van der Waals surface area contributed by atoms with Crippen molar-refractivity contribution in [3.8, 4) is 0 Å². The van der Waals surface area contributed by atoms with Crippen LogP contribution in [0.5, 0.6) is 0 Å². The molecule has 0 saturated carbocycles. The number of nitrogens with one attached hydrogen (secondary N) is 3. The normalized spacial score (nSPS) is 12.7. The standard InChI is InChI=1S/C23H31N5O2S/c1-6-24-23(25-11-10-17-13-26-19-12-14(3)8-9-18(17)19)28-16(5)21-27-15(4)20(31-21)22(29)30-7-2/h8-9,12-13,16,26H,6-7,10-11H2,1-5H3,(H2,24,25,28). The van der Waals surface area contributed by atoms with Crippen LogP contribution in [0.25, 0.3) is 10.9 Å². The van der Waals surface area contributed by atoms with Crippen LogP contribution >= 0.6 is 11.3 Å². The highest BCUT2D eigenvalue weighted by molar-refractivity contribution is 7.13. The van der Waals surface area contributed by atoms with Gasteiger partial charge in [0.2, 0.25) is 0 Å². The number of ether oxygens (including phenoxy) is 1. The number of esters is 1. The number of guanidine groups is 1. The third-order valence-corrected chi connectivity index (χ3v) is 6.24. The molecule has 0 bridgehead atoms. The minimum atomic E-state index is -0.314. The van der Waals surface area contributed by atoms with Crippen LogP contribution in [-0.4, -0.2) is 41.6 Å². The predicted octanol–water partition coefficient (Wildman–Crippen LogP) is 4.28. The fraction of sp³-hybridized carbons (Fsp3) is 0.435. The quantitative estimate of drug-likeness (QED) is 0.276. The fourth-order valence-corrected chi connectivity index (χ4v) is 4.33. The summed E-state index contributed by atoms with van der Waals surface area (Å²) in [5, 5.41) is 8.76.